The predicted octanol–water partition coefficient (Wildman–Crippen LogP) is 3.06. The summed E-state index contributed by atoms with van der Waals surface area (Å²) in [7, 11) is 1.58. The first-order valence-corrected chi connectivity index (χ1v) is 6.91. The molecule has 0 aliphatic heterocycles. The van der Waals surface area contributed by atoms with Crippen molar-refractivity contribution in [2.75, 3.05) is 7.11 Å². The van der Waals surface area contributed by atoms with Crippen molar-refractivity contribution in [2.24, 2.45) is 0 Å². The van der Waals surface area contributed by atoms with Gasteiger partial charge in [0.25, 0.3) is 0 Å². The highest BCUT2D eigenvalue weighted by Gasteiger charge is 2.22. The van der Waals surface area contributed by atoms with Crippen molar-refractivity contribution >= 4 is 15.9 Å². The van der Waals surface area contributed by atoms with Crippen LogP contribution in [0, 0.1) is 6.92 Å². The van der Waals surface area contributed by atoms with E-state index in [2.05, 4.69) is 21.0 Å². The SMILES string of the molecule is CCn1ncc(OC)c1C(O)c1cc(C)ccc1Br. The van der Waals surface area contributed by atoms with E-state index in [1.807, 2.05) is 32.0 Å². The van der Waals surface area contributed by atoms with E-state index in [9.17, 15) is 5.11 Å². The fourth-order valence-electron chi connectivity index (χ4n) is 2.08. The van der Waals surface area contributed by atoms with Crippen LogP contribution in [0.1, 0.15) is 29.8 Å². The first-order valence-electron chi connectivity index (χ1n) is 6.12. The quantitative estimate of drug-likeness (QED) is 0.940. The Labute approximate surface area is 121 Å². The minimum absolute atomic E-state index is 0.600. The molecule has 1 unspecified atom stereocenters. The summed E-state index contributed by atoms with van der Waals surface area (Å²) in [6, 6.07) is 5.89. The van der Waals surface area contributed by atoms with Gasteiger partial charge in [0.2, 0.25) is 0 Å². The molecule has 0 aliphatic carbocycles. The van der Waals surface area contributed by atoms with Crippen molar-refractivity contribution in [1.29, 1.82) is 0 Å². The van der Waals surface area contributed by atoms with Gasteiger partial charge >= 0.3 is 0 Å². The molecule has 102 valence electrons. The molecule has 0 radical (unpaired) electrons. The molecule has 2 rings (SSSR count). The summed E-state index contributed by atoms with van der Waals surface area (Å²) in [5.74, 6) is 0.600. The van der Waals surface area contributed by atoms with E-state index in [4.69, 9.17) is 4.74 Å². The van der Waals surface area contributed by atoms with Gasteiger partial charge in [0.1, 0.15) is 11.8 Å². The van der Waals surface area contributed by atoms with E-state index in [0.717, 1.165) is 15.6 Å². The van der Waals surface area contributed by atoms with Crippen LogP contribution in [-0.2, 0) is 6.54 Å². The molecule has 0 amide bonds. The molecule has 0 fully saturated rings. The normalized spacial score (nSPS) is 12.5. The van der Waals surface area contributed by atoms with Gasteiger partial charge in [0, 0.05) is 16.6 Å². The van der Waals surface area contributed by atoms with Gasteiger partial charge in [-0.25, -0.2) is 0 Å². The molecule has 1 atom stereocenters. The Kier molecular flexibility index (Phi) is 4.27. The standard InChI is InChI=1S/C14H17BrN2O2/c1-4-17-13(12(19-3)8-16-17)14(18)10-7-9(2)5-6-11(10)15/h5-8,14,18H,4H2,1-3H3. The largest absolute Gasteiger partial charge is 0.493 e. The highest BCUT2D eigenvalue weighted by Crippen LogP contribution is 2.34. The molecular weight excluding hydrogens is 308 g/mol. The number of hydrogen-bond acceptors (Lipinski definition) is 3. The van der Waals surface area contributed by atoms with Crippen LogP contribution in [0.3, 0.4) is 0 Å². The number of aryl methyl sites for hydroxylation is 2. The van der Waals surface area contributed by atoms with Gasteiger partial charge < -0.3 is 9.84 Å². The predicted molar refractivity (Wildman–Crippen MR) is 77.4 cm³/mol. The minimum atomic E-state index is -0.772. The van der Waals surface area contributed by atoms with Crippen LogP contribution in [0.4, 0.5) is 0 Å². The van der Waals surface area contributed by atoms with E-state index in [1.54, 1.807) is 18.0 Å². The average Bonchev–Trinajstić information content (AvgIpc) is 2.83. The number of methoxy groups -OCH3 is 1. The Morgan fingerprint density at radius 2 is 2.21 bits per heavy atom. The lowest BCUT2D eigenvalue weighted by Crippen LogP contribution is -2.11. The molecular formula is C14H17BrN2O2. The van der Waals surface area contributed by atoms with Crippen LogP contribution in [0.2, 0.25) is 0 Å². The number of ether oxygens (including phenoxy) is 1. The van der Waals surface area contributed by atoms with Gasteiger partial charge in [-0.05, 0) is 19.9 Å². The van der Waals surface area contributed by atoms with Gasteiger partial charge in [0.15, 0.2) is 5.75 Å². The van der Waals surface area contributed by atoms with E-state index in [-0.39, 0.29) is 0 Å². The Balaban J connectivity index is 2.51. The number of benzene rings is 1. The number of halogens is 1. The van der Waals surface area contributed by atoms with Gasteiger partial charge in [-0.15, -0.1) is 0 Å². The van der Waals surface area contributed by atoms with Crippen molar-refractivity contribution in [2.45, 2.75) is 26.5 Å². The lowest BCUT2D eigenvalue weighted by atomic mass is 10.0. The first kappa shape index (κ1) is 14.1. The van der Waals surface area contributed by atoms with Crippen LogP contribution < -0.4 is 4.74 Å². The summed E-state index contributed by atoms with van der Waals surface area (Å²) in [5, 5.41) is 14.9. The Morgan fingerprint density at radius 1 is 1.47 bits per heavy atom. The third kappa shape index (κ3) is 2.67. The number of aliphatic hydroxyl groups is 1. The summed E-state index contributed by atoms with van der Waals surface area (Å²) in [6.45, 7) is 4.66. The second-order valence-electron chi connectivity index (χ2n) is 4.34. The molecule has 5 heteroatoms. The summed E-state index contributed by atoms with van der Waals surface area (Å²) in [5.41, 5.74) is 2.59. The van der Waals surface area contributed by atoms with Gasteiger partial charge in [-0.1, -0.05) is 33.6 Å². The van der Waals surface area contributed by atoms with Crippen molar-refractivity contribution in [3.8, 4) is 5.75 Å². The van der Waals surface area contributed by atoms with Crippen molar-refractivity contribution in [3.63, 3.8) is 0 Å². The molecule has 1 heterocycles. The summed E-state index contributed by atoms with van der Waals surface area (Å²) in [4.78, 5) is 0. The zero-order chi connectivity index (χ0) is 14.0. The summed E-state index contributed by atoms with van der Waals surface area (Å²) < 4.78 is 7.90. The van der Waals surface area contributed by atoms with E-state index in [1.165, 1.54) is 0 Å². The molecule has 0 spiro atoms. The summed E-state index contributed by atoms with van der Waals surface area (Å²) >= 11 is 3.48. The molecule has 4 nitrogen and oxygen atoms in total. The lowest BCUT2D eigenvalue weighted by Gasteiger charge is -2.16. The van der Waals surface area contributed by atoms with Crippen LogP contribution in [0.5, 0.6) is 5.75 Å². The summed E-state index contributed by atoms with van der Waals surface area (Å²) in [6.07, 6.45) is 0.859. The van der Waals surface area contributed by atoms with E-state index >= 15 is 0 Å². The third-order valence-electron chi connectivity index (χ3n) is 3.07. The average molecular weight is 325 g/mol. The molecule has 0 saturated heterocycles. The van der Waals surface area contributed by atoms with Crippen molar-refractivity contribution < 1.29 is 9.84 Å². The number of aromatic nitrogens is 2. The molecule has 0 bridgehead atoms. The second kappa shape index (κ2) is 5.75. The number of aliphatic hydroxyl groups excluding tert-OH is 1. The fraction of sp³-hybridized carbons (Fsp3) is 0.357. The minimum Gasteiger partial charge on any atom is -0.493 e. The molecule has 0 saturated carbocycles. The van der Waals surface area contributed by atoms with Gasteiger partial charge in [0.05, 0.1) is 13.3 Å². The van der Waals surface area contributed by atoms with Crippen LogP contribution in [-0.4, -0.2) is 22.0 Å². The van der Waals surface area contributed by atoms with Crippen LogP contribution in [0.25, 0.3) is 0 Å². The Morgan fingerprint density at radius 3 is 2.84 bits per heavy atom. The molecule has 2 aromatic rings. The Bertz CT molecular complexity index is 559. The molecule has 1 aromatic heterocycles. The number of rotatable bonds is 4. The van der Waals surface area contributed by atoms with E-state index < -0.39 is 6.10 Å². The van der Waals surface area contributed by atoms with Crippen LogP contribution >= 0.6 is 15.9 Å². The van der Waals surface area contributed by atoms with Gasteiger partial charge in [-0.2, -0.15) is 5.10 Å². The maximum absolute atomic E-state index is 10.6. The van der Waals surface area contributed by atoms with Crippen LogP contribution in [0.15, 0.2) is 28.9 Å². The van der Waals surface area contributed by atoms with Crippen molar-refractivity contribution in [1.82, 2.24) is 9.78 Å². The molecule has 0 aliphatic rings. The third-order valence-corrected chi connectivity index (χ3v) is 3.79. The maximum atomic E-state index is 10.6. The lowest BCUT2D eigenvalue weighted by molar-refractivity contribution is 0.202. The fourth-order valence-corrected chi connectivity index (χ4v) is 2.55. The van der Waals surface area contributed by atoms with Gasteiger partial charge in [-0.3, -0.25) is 4.68 Å². The molecule has 1 N–H and O–H groups in total. The second-order valence-corrected chi connectivity index (χ2v) is 5.20. The molecule has 19 heavy (non-hydrogen) atoms. The number of nitrogens with zero attached hydrogens (tertiary/aromatic N) is 2. The Hall–Kier alpha value is -1.33. The molecule has 1 aromatic carbocycles. The zero-order valence-corrected chi connectivity index (χ0v) is 12.8. The highest BCUT2D eigenvalue weighted by molar-refractivity contribution is 9.10. The maximum Gasteiger partial charge on any atom is 0.163 e. The smallest absolute Gasteiger partial charge is 0.163 e. The highest BCUT2D eigenvalue weighted by atomic mass is 79.9. The number of hydrogen-bond donors (Lipinski definition) is 1. The van der Waals surface area contributed by atoms with E-state index in [0.29, 0.717) is 18.0 Å². The zero-order valence-electron chi connectivity index (χ0n) is 11.2. The monoisotopic (exact) mass is 324 g/mol. The first-order chi connectivity index (χ1) is 9.08. The van der Waals surface area contributed by atoms with Crippen molar-refractivity contribution in [3.05, 3.63) is 45.7 Å². The topological polar surface area (TPSA) is 47.3 Å².